The summed E-state index contributed by atoms with van der Waals surface area (Å²) in [5, 5.41) is 20.3. The van der Waals surface area contributed by atoms with E-state index >= 15 is 0 Å². The van der Waals surface area contributed by atoms with Crippen molar-refractivity contribution in [1.29, 1.82) is 0 Å². The highest BCUT2D eigenvalue weighted by Gasteiger charge is 2.07. The standard InChI is InChI=1S/C9H12N2O4/c1-15-9(14)11-8-3-2-6(4-10-8)7(13)5-12/h2-4,7,12-13H,5H2,1H3,(H,10,11,14)/t7-/m0/s1. The van der Waals surface area contributed by atoms with Gasteiger partial charge in [-0.25, -0.2) is 9.78 Å². The van der Waals surface area contributed by atoms with Crippen molar-refractivity contribution in [3.05, 3.63) is 23.9 Å². The monoisotopic (exact) mass is 212 g/mol. The normalized spacial score (nSPS) is 11.9. The molecule has 0 saturated heterocycles. The van der Waals surface area contributed by atoms with E-state index in [2.05, 4.69) is 15.0 Å². The number of rotatable bonds is 3. The van der Waals surface area contributed by atoms with Gasteiger partial charge in [0.2, 0.25) is 0 Å². The molecule has 0 aliphatic heterocycles. The van der Waals surface area contributed by atoms with Gasteiger partial charge in [0.05, 0.1) is 13.7 Å². The molecule has 1 atom stereocenters. The third-order valence-corrected chi connectivity index (χ3v) is 1.76. The Morgan fingerprint density at radius 1 is 1.67 bits per heavy atom. The van der Waals surface area contributed by atoms with Crippen molar-refractivity contribution in [2.24, 2.45) is 0 Å². The van der Waals surface area contributed by atoms with Gasteiger partial charge < -0.3 is 14.9 Å². The van der Waals surface area contributed by atoms with Crippen LogP contribution in [0.1, 0.15) is 11.7 Å². The summed E-state index contributed by atoms with van der Waals surface area (Å²) in [5.41, 5.74) is 0.480. The molecule has 1 amide bonds. The molecule has 1 aromatic heterocycles. The van der Waals surface area contributed by atoms with E-state index in [0.29, 0.717) is 11.4 Å². The minimum Gasteiger partial charge on any atom is -0.453 e. The summed E-state index contributed by atoms with van der Waals surface area (Å²) in [6.07, 6.45) is -0.200. The van der Waals surface area contributed by atoms with Crippen LogP contribution in [0.5, 0.6) is 0 Å². The molecule has 0 aliphatic carbocycles. The molecule has 1 rings (SSSR count). The number of anilines is 1. The first-order chi connectivity index (χ1) is 7.17. The minimum atomic E-state index is -0.954. The van der Waals surface area contributed by atoms with Gasteiger partial charge in [0.25, 0.3) is 0 Å². The largest absolute Gasteiger partial charge is 0.453 e. The van der Waals surface area contributed by atoms with Gasteiger partial charge in [-0.05, 0) is 6.07 Å². The predicted octanol–water partition coefficient (Wildman–Crippen LogP) is 0.286. The fourth-order valence-electron chi connectivity index (χ4n) is 0.937. The Labute approximate surface area is 86.5 Å². The number of amides is 1. The van der Waals surface area contributed by atoms with E-state index in [0.717, 1.165) is 0 Å². The number of aromatic nitrogens is 1. The molecule has 15 heavy (non-hydrogen) atoms. The van der Waals surface area contributed by atoms with Crippen molar-refractivity contribution in [3.63, 3.8) is 0 Å². The number of nitrogens with zero attached hydrogens (tertiary/aromatic N) is 1. The topological polar surface area (TPSA) is 91.7 Å². The van der Waals surface area contributed by atoms with Crippen LogP contribution in [-0.2, 0) is 4.74 Å². The molecule has 1 heterocycles. The third kappa shape index (κ3) is 3.19. The van der Waals surface area contributed by atoms with Gasteiger partial charge in [-0.3, -0.25) is 5.32 Å². The number of hydrogen-bond donors (Lipinski definition) is 3. The van der Waals surface area contributed by atoms with Crippen LogP contribution in [-0.4, -0.2) is 35.0 Å². The van der Waals surface area contributed by atoms with Crippen LogP contribution in [0.15, 0.2) is 18.3 Å². The molecule has 0 saturated carbocycles. The van der Waals surface area contributed by atoms with Crippen molar-refractivity contribution in [2.45, 2.75) is 6.10 Å². The van der Waals surface area contributed by atoms with Gasteiger partial charge in [-0.2, -0.15) is 0 Å². The fraction of sp³-hybridized carbons (Fsp3) is 0.333. The Morgan fingerprint density at radius 2 is 2.40 bits per heavy atom. The highest BCUT2D eigenvalue weighted by Crippen LogP contribution is 2.12. The lowest BCUT2D eigenvalue weighted by atomic mass is 10.2. The number of hydrogen-bond acceptors (Lipinski definition) is 5. The predicted molar refractivity (Wildman–Crippen MR) is 52.3 cm³/mol. The molecule has 6 heteroatoms. The van der Waals surface area contributed by atoms with Gasteiger partial charge in [0.15, 0.2) is 0 Å². The number of aliphatic hydroxyl groups excluding tert-OH is 2. The van der Waals surface area contributed by atoms with Crippen molar-refractivity contribution in [1.82, 2.24) is 4.98 Å². The number of ether oxygens (including phenoxy) is 1. The highest BCUT2D eigenvalue weighted by molar-refractivity contribution is 5.83. The summed E-state index contributed by atoms with van der Waals surface area (Å²) in [6, 6.07) is 3.06. The van der Waals surface area contributed by atoms with Crippen LogP contribution in [0.25, 0.3) is 0 Å². The Bertz CT molecular complexity index is 325. The van der Waals surface area contributed by atoms with E-state index in [1.165, 1.54) is 19.4 Å². The van der Waals surface area contributed by atoms with Crippen LogP contribution >= 0.6 is 0 Å². The van der Waals surface area contributed by atoms with E-state index in [1.807, 2.05) is 0 Å². The Kier molecular flexibility index (Phi) is 4.02. The van der Waals surface area contributed by atoms with Crippen LogP contribution in [0.2, 0.25) is 0 Å². The van der Waals surface area contributed by atoms with Crippen LogP contribution < -0.4 is 5.32 Å². The van der Waals surface area contributed by atoms with E-state index in [-0.39, 0.29) is 6.61 Å². The lowest BCUT2D eigenvalue weighted by Gasteiger charge is -2.07. The number of nitrogens with one attached hydrogen (secondary N) is 1. The third-order valence-electron chi connectivity index (χ3n) is 1.76. The quantitative estimate of drug-likeness (QED) is 0.669. The van der Waals surface area contributed by atoms with Crippen molar-refractivity contribution < 1.29 is 19.7 Å². The van der Waals surface area contributed by atoms with Gasteiger partial charge in [0, 0.05) is 11.8 Å². The summed E-state index contributed by atoms with van der Waals surface area (Å²) in [6.45, 7) is -0.370. The van der Waals surface area contributed by atoms with Crippen LogP contribution in [0, 0.1) is 0 Å². The van der Waals surface area contributed by atoms with Crippen molar-refractivity contribution in [3.8, 4) is 0 Å². The number of carbonyl (C=O) groups excluding carboxylic acids is 1. The molecule has 3 N–H and O–H groups in total. The van der Waals surface area contributed by atoms with E-state index in [9.17, 15) is 9.90 Å². The van der Waals surface area contributed by atoms with E-state index < -0.39 is 12.2 Å². The fourth-order valence-corrected chi connectivity index (χ4v) is 0.937. The van der Waals surface area contributed by atoms with Crippen molar-refractivity contribution in [2.75, 3.05) is 19.0 Å². The molecule has 0 fully saturated rings. The summed E-state index contributed by atoms with van der Waals surface area (Å²) < 4.78 is 4.37. The molecule has 0 aromatic carbocycles. The smallest absolute Gasteiger partial charge is 0.412 e. The first-order valence-corrected chi connectivity index (χ1v) is 4.27. The molecule has 0 radical (unpaired) electrons. The van der Waals surface area contributed by atoms with Gasteiger partial charge in [0.1, 0.15) is 11.9 Å². The Morgan fingerprint density at radius 3 is 2.87 bits per heavy atom. The van der Waals surface area contributed by atoms with Crippen molar-refractivity contribution >= 4 is 11.9 Å². The van der Waals surface area contributed by atoms with Gasteiger partial charge in [-0.1, -0.05) is 6.07 Å². The lowest BCUT2D eigenvalue weighted by Crippen LogP contribution is -2.12. The van der Waals surface area contributed by atoms with Gasteiger partial charge >= 0.3 is 6.09 Å². The molecule has 0 unspecified atom stereocenters. The number of carbonyl (C=O) groups is 1. The summed E-state index contributed by atoms with van der Waals surface area (Å²) in [4.78, 5) is 14.6. The first-order valence-electron chi connectivity index (χ1n) is 4.27. The lowest BCUT2D eigenvalue weighted by molar-refractivity contribution is 0.0953. The zero-order valence-corrected chi connectivity index (χ0v) is 8.17. The average Bonchev–Trinajstić information content (AvgIpc) is 2.29. The summed E-state index contributed by atoms with van der Waals surface area (Å²) >= 11 is 0. The molecule has 0 aliphatic rings. The van der Waals surface area contributed by atoms with E-state index in [1.54, 1.807) is 6.07 Å². The maximum atomic E-state index is 10.8. The second-order valence-electron chi connectivity index (χ2n) is 2.79. The van der Waals surface area contributed by atoms with Gasteiger partial charge in [-0.15, -0.1) is 0 Å². The molecule has 82 valence electrons. The van der Waals surface area contributed by atoms with E-state index in [4.69, 9.17) is 5.11 Å². The zero-order chi connectivity index (χ0) is 11.3. The maximum Gasteiger partial charge on any atom is 0.412 e. The minimum absolute atomic E-state index is 0.315. The Balaban J connectivity index is 2.68. The molecular weight excluding hydrogens is 200 g/mol. The molecule has 0 bridgehead atoms. The molecule has 0 spiro atoms. The summed E-state index contributed by atoms with van der Waals surface area (Å²) in [5.74, 6) is 0.315. The average molecular weight is 212 g/mol. The first kappa shape index (κ1) is 11.4. The number of pyridine rings is 1. The second-order valence-corrected chi connectivity index (χ2v) is 2.79. The second kappa shape index (κ2) is 5.28. The molecule has 1 aromatic rings. The highest BCUT2D eigenvalue weighted by atomic mass is 16.5. The number of methoxy groups -OCH3 is 1. The SMILES string of the molecule is COC(=O)Nc1ccc([C@@H](O)CO)cn1. The molecular formula is C9H12N2O4. The van der Waals surface area contributed by atoms with Crippen LogP contribution in [0.4, 0.5) is 10.6 Å². The summed E-state index contributed by atoms with van der Waals surface area (Å²) in [7, 11) is 1.25. The maximum absolute atomic E-state index is 10.8. The molecule has 6 nitrogen and oxygen atoms in total. The number of aliphatic hydroxyl groups is 2. The zero-order valence-electron chi connectivity index (χ0n) is 8.17. The van der Waals surface area contributed by atoms with Crippen LogP contribution in [0.3, 0.4) is 0 Å². The Hall–Kier alpha value is -1.66.